The zero-order valence-electron chi connectivity index (χ0n) is 18.8. The average molecular weight is 447 g/mol. The molecule has 32 heavy (non-hydrogen) atoms. The summed E-state index contributed by atoms with van der Waals surface area (Å²) < 4.78 is 20.9. The third-order valence-electron chi connectivity index (χ3n) is 5.12. The second kappa shape index (κ2) is 11.5. The van der Waals surface area contributed by atoms with Gasteiger partial charge in [0.1, 0.15) is 23.8 Å². The summed E-state index contributed by atoms with van der Waals surface area (Å²) in [4.78, 5) is 29.8. The molecule has 1 aliphatic rings. The fraction of sp³-hybridized carbons (Fsp3) is 0.500. The summed E-state index contributed by atoms with van der Waals surface area (Å²) in [5.41, 5.74) is 0.387. The topological polar surface area (TPSA) is 106 Å². The molecule has 1 fully saturated rings. The number of aromatic nitrogens is 1. The van der Waals surface area contributed by atoms with E-state index in [1.54, 1.807) is 31.2 Å². The number of ether oxygens (including phenoxy) is 3. The molecule has 1 aromatic carbocycles. The molecule has 2 amide bonds. The van der Waals surface area contributed by atoms with Crippen molar-refractivity contribution in [2.45, 2.75) is 13.3 Å². The SMILES string of the molecule is COc1cc(OC)cc(C(=O)N(CCCN2CCOCC2)CC(=O)Nc2cc(C)on2)c1. The van der Waals surface area contributed by atoms with Gasteiger partial charge in [-0.25, -0.2) is 0 Å². The Kier molecular flexibility index (Phi) is 8.46. The summed E-state index contributed by atoms with van der Waals surface area (Å²) in [6.07, 6.45) is 0.725. The van der Waals surface area contributed by atoms with E-state index in [4.69, 9.17) is 18.7 Å². The predicted molar refractivity (Wildman–Crippen MR) is 117 cm³/mol. The lowest BCUT2D eigenvalue weighted by atomic mass is 10.1. The maximum Gasteiger partial charge on any atom is 0.254 e. The van der Waals surface area contributed by atoms with E-state index in [0.29, 0.717) is 48.4 Å². The van der Waals surface area contributed by atoms with Gasteiger partial charge in [0.25, 0.3) is 5.91 Å². The van der Waals surface area contributed by atoms with Crippen molar-refractivity contribution in [3.05, 3.63) is 35.6 Å². The number of hydrogen-bond acceptors (Lipinski definition) is 8. The molecule has 0 aliphatic carbocycles. The van der Waals surface area contributed by atoms with Gasteiger partial charge in [-0.2, -0.15) is 0 Å². The van der Waals surface area contributed by atoms with Crippen molar-refractivity contribution >= 4 is 17.6 Å². The maximum absolute atomic E-state index is 13.3. The number of morpholine rings is 1. The fourth-order valence-corrected chi connectivity index (χ4v) is 3.46. The molecule has 1 aliphatic heterocycles. The van der Waals surface area contributed by atoms with Crippen LogP contribution in [0.25, 0.3) is 0 Å². The Morgan fingerprint density at radius 1 is 1.12 bits per heavy atom. The molecule has 0 saturated carbocycles. The van der Waals surface area contributed by atoms with Crippen LogP contribution < -0.4 is 14.8 Å². The third-order valence-corrected chi connectivity index (χ3v) is 5.12. The van der Waals surface area contributed by atoms with Crippen LogP contribution in [0.15, 0.2) is 28.8 Å². The Bertz CT molecular complexity index is 887. The molecular weight excluding hydrogens is 416 g/mol. The van der Waals surface area contributed by atoms with Crippen molar-refractivity contribution in [3.8, 4) is 11.5 Å². The van der Waals surface area contributed by atoms with Crippen molar-refractivity contribution in [3.63, 3.8) is 0 Å². The second-order valence-corrected chi connectivity index (χ2v) is 7.51. The number of carbonyl (C=O) groups excluding carboxylic acids is 2. The summed E-state index contributed by atoms with van der Waals surface area (Å²) in [6.45, 7) is 6.02. The number of nitrogens with one attached hydrogen (secondary N) is 1. The lowest BCUT2D eigenvalue weighted by Gasteiger charge is -2.28. The van der Waals surface area contributed by atoms with Gasteiger partial charge in [-0.15, -0.1) is 0 Å². The molecular formula is C22H30N4O6. The van der Waals surface area contributed by atoms with Gasteiger partial charge in [0, 0.05) is 43.9 Å². The first-order valence-electron chi connectivity index (χ1n) is 10.5. The van der Waals surface area contributed by atoms with Crippen molar-refractivity contribution in [2.24, 2.45) is 0 Å². The number of nitrogens with zero attached hydrogens (tertiary/aromatic N) is 3. The molecule has 0 bridgehead atoms. The highest BCUT2D eigenvalue weighted by Gasteiger charge is 2.21. The minimum absolute atomic E-state index is 0.118. The maximum atomic E-state index is 13.3. The summed E-state index contributed by atoms with van der Waals surface area (Å²) >= 11 is 0. The fourth-order valence-electron chi connectivity index (χ4n) is 3.46. The van der Waals surface area contributed by atoms with Crippen LogP contribution in [0.4, 0.5) is 5.82 Å². The van der Waals surface area contributed by atoms with E-state index in [1.807, 2.05) is 0 Å². The van der Waals surface area contributed by atoms with Gasteiger partial charge in [-0.05, 0) is 25.5 Å². The van der Waals surface area contributed by atoms with Gasteiger partial charge in [0.2, 0.25) is 5.91 Å². The Morgan fingerprint density at radius 2 is 1.81 bits per heavy atom. The number of hydrogen-bond donors (Lipinski definition) is 1. The van der Waals surface area contributed by atoms with E-state index in [2.05, 4.69) is 15.4 Å². The summed E-state index contributed by atoms with van der Waals surface area (Å²) in [5.74, 6) is 1.27. The van der Waals surface area contributed by atoms with Crippen LogP contribution in [-0.2, 0) is 9.53 Å². The number of anilines is 1. The van der Waals surface area contributed by atoms with Crippen LogP contribution in [0.2, 0.25) is 0 Å². The molecule has 1 N–H and O–H groups in total. The predicted octanol–water partition coefficient (Wildman–Crippen LogP) is 1.80. The van der Waals surface area contributed by atoms with Crippen molar-refractivity contribution in [2.75, 3.05) is 65.5 Å². The van der Waals surface area contributed by atoms with Crippen molar-refractivity contribution in [1.29, 1.82) is 0 Å². The van der Waals surface area contributed by atoms with E-state index in [9.17, 15) is 9.59 Å². The van der Waals surface area contributed by atoms with Gasteiger partial charge < -0.3 is 29.0 Å². The van der Waals surface area contributed by atoms with Gasteiger partial charge in [-0.3, -0.25) is 14.5 Å². The first kappa shape index (κ1) is 23.6. The largest absolute Gasteiger partial charge is 0.497 e. The smallest absolute Gasteiger partial charge is 0.254 e. The minimum atomic E-state index is -0.354. The Hall–Kier alpha value is -3.11. The molecule has 0 spiro atoms. The first-order valence-corrected chi connectivity index (χ1v) is 10.5. The van der Waals surface area contributed by atoms with Crippen LogP contribution in [0.3, 0.4) is 0 Å². The van der Waals surface area contributed by atoms with Crippen LogP contribution in [0.5, 0.6) is 11.5 Å². The lowest BCUT2D eigenvalue weighted by molar-refractivity contribution is -0.117. The second-order valence-electron chi connectivity index (χ2n) is 7.51. The van der Waals surface area contributed by atoms with E-state index in [-0.39, 0.29) is 18.4 Å². The van der Waals surface area contributed by atoms with Gasteiger partial charge >= 0.3 is 0 Å². The molecule has 174 valence electrons. The number of rotatable bonds is 10. The molecule has 10 nitrogen and oxygen atoms in total. The van der Waals surface area contributed by atoms with Gasteiger partial charge in [0.15, 0.2) is 5.82 Å². The highest BCUT2D eigenvalue weighted by molar-refractivity contribution is 5.99. The van der Waals surface area contributed by atoms with E-state index in [1.165, 1.54) is 19.1 Å². The van der Waals surface area contributed by atoms with Gasteiger partial charge in [-0.1, -0.05) is 5.16 Å². The molecule has 1 aromatic heterocycles. The summed E-state index contributed by atoms with van der Waals surface area (Å²) in [5, 5.41) is 6.44. The number of amides is 2. The number of benzene rings is 1. The quantitative estimate of drug-likeness (QED) is 0.589. The molecule has 10 heteroatoms. The molecule has 2 heterocycles. The molecule has 3 rings (SSSR count). The van der Waals surface area contributed by atoms with E-state index >= 15 is 0 Å². The monoisotopic (exact) mass is 446 g/mol. The van der Waals surface area contributed by atoms with Gasteiger partial charge in [0.05, 0.1) is 27.4 Å². The molecule has 0 unspecified atom stereocenters. The highest BCUT2D eigenvalue weighted by Crippen LogP contribution is 2.23. The minimum Gasteiger partial charge on any atom is -0.497 e. The van der Waals surface area contributed by atoms with Crippen molar-refractivity contribution in [1.82, 2.24) is 15.0 Å². The van der Waals surface area contributed by atoms with Crippen LogP contribution >= 0.6 is 0 Å². The Labute approximate surface area is 187 Å². The standard InChI is InChI=1S/C22H30N4O6/c1-16-11-20(24-32-16)23-21(27)15-26(6-4-5-25-7-9-31-10-8-25)22(28)17-12-18(29-2)14-19(13-17)30-3/h11-14H,4-10,15H2,1-3H3,(H,23,24,27). The summed E-state index contributed by atoms with van der Waals surface area (Å²) in [6, 6.07) is 6.59. The third kappa shape index (κ3) is 6.69. The zero-order chi connectivity index (χ0) is 22.9. The van der Waals surface area contributed by atoms with Crippen LogP contribution in [-0.4, -0.2) is 86.9 Å². The van der Waals surface area contributed by atoms with E-state index in [0.717, 1.165) is 26.1 Å². The van der Waals surface area contributed by atoms with Crippen molar-refractivity contribution < 1.29 is 28.3 Å². The Balaban J connectivity index is 1.70. The van der Waals surface area contributed by atoms with Crippen LogP contribution in [0.1, 0.15) is 22.5 Å². The molecule has 0 atom stereocenters. The Morgan fingerprint density at radius 3 is 2.41 bits per heavy atom. The van der Waals surface area contributed by atoms with Crippen LogP contribution in [0, 0.1) is 6.92 Å². The zero-order valence-corrected chi connectivity index (χ0v) is 18.8. The molecule has 1 saturated heterocycles. The summed E-state index contributed by atoms with van der Waals surface area (Å²) in [7, 11) is 3.05. The average Bonchev–Trinajstić information content (AvgIpc) is 3.22. The van der Waals surface area contributed by atoms with E-state index < -0.39 is 0 Å². The number of carbonyl (C=O) groups is 2. The lowest BCUT2D eigenvalue weighted by Crippen LogP contribution is -2.41. The number of methoxy groups -OCH3 is 2. The first-order chi connectivity index (χ1) is 15.5. The number of aryl methyl sites for hydroxylation is 1. The highest BCUT2D eigenvalue weighted by atomic mass is 16.5. The molecule has 2 aromatic rings. The normalized spacial score (nSPS) is 14.1. The molecule has 0 radical (unpaired) electrons.